The highest BCUT2D eigenvalue weighted by Crippen LogP contribution is 2.23. The standard InChI is InChI=1S/C25H19ClN4O6/c26-18-7-3-15(4-8-18)21(31)14-36-25(35)16-5-9-19(10-6-16)30-22(32)12-20(24(30)34)28-29-23(33)17-2-1-11-27-13-17/h1-11,13,20,28H,12,14H2,(H,29,33). The molecule has 36 heavy (non-hydrogen) atoms. The fourth-order valence-electron chi connectivity index (χ4n) is 3.42. The van der Waals surface area contributed by atoms with Gasteiger partial charge in [0.2, 0.25) is 5.91 Å². The Morgan fingerprint density at radius 3 is 2.33 bits per heavy atom. The van der Waals surface area contributed by atoms with Crippen molar-refractivity contribution in [3.63, 3.8) is 0 Å². The summed E-state index contributed by atoms with van der Waals surface area (Å²) in [5.74, 6) is -2.66. The van der Waals surface area contributed by atoms with Gasteiger partial charge in [-0.25, -0.2) is 15.1 Å². The number of Topliss-reactive ketones (excluding diaryl/α,β-unsaturated/α-hetero) is 1. The van der Waals surface area contributed by atoms with Gasteiger partial charge in [0.15, 0.2) is 12.4 Å². The molecule has 11 heteroatoms. The molecule has 1 unspecified atom stereocenters. The quantitative estimate of drug-likeness (QED) is 0.206. The predicted molar refractivity (Wildman–Crippen MR) is 128 cm³/mol. The SMILES string of the molecule is O=C(COC(=O)c1ccc(N2C(=O)CC(NNC(=O)c3cccnc3)C2=O)cc1)c1ccc(Cl)cc1. The number of nitrogens with zero attached hydrogens (tertiary/aromatic N) is 2. The molecule has 0 radical (unpaired) electrons. The minimum absolute atomic E-state index is 0.139. The number of hydrazine groups is 1. The van der Waals surface area contributed by atoms with Crippen molar-refractivity contribution >= 4 is 46.8 Å². The lowest BCUT2D eigenvalue weighted by atomic mass is 10.1. The summed E-state index contributed by atoms with van der Waals surface area (Å²) in [7, 11) is 0. The molecule has 182 valence electrons. The smallest absolute Gasteiger partial charge is 0.338 e. The average molecular weight is 507 g/mol. The van der Waals surface area contributed by atoms with E-state index in [4.69, 9.17) is 16.3 Å². The molecule has 1 aromatic heterocycles. The van der Waals surface area contributed by atoms with Gasteiger partial charge >= 0.3 is 5.97 Å². The van der Waals surface area contributed by atoms with Gasteiger partial charge in [-0.2, -0.15) is 0 Å². The highest BCUT2D eigenvalue weighted by atomic mass is 35.5. The molecule has 4 rings (SSSR count). The summed E-state index contributed by atoms with van der Waals surface area (Å²) < 4.78 is 5.07. The molecule has 1 saturated heterocycles. The van der Waals surface area contributed by atoms with E-state index in [-0.39, 0.29) is 29.0 Å². The minimum Gasteiger partial charge on any atom is -0.454 e. The van der Waals surface area contributed by atoms with E-state index >= 15 is 0 Å². The van der Waals surface area contributed by atoms with Gasteiger partial charge in [-0.15, -0.1) is 0 Å². The summed E-state index contributed by atoms with van der Waals surface area (Å²) in [5.41, 5.74) is 6.02. The van der Waals surface area contributed by atoms with Gasteiger partial charge in [0, 0.05) is 23.0 Å². The second-order valence-corrected chi connectivity index (χ2v) is 8.15. The summed E-state index contributed by atoms with van der Waals surface area (Å²) >= 11 is 5.80. The molecular formula is C25H19ClN4O6. The van der Waals surface area contributed by atoms with Crippen LogP contribution in [0.1, 0.15) is 37.5 Å². The number of anilines is 1. The van der Waals surface area contributed by atoms with Crippen LogP contribution in [0, 0.1) is 0 Å². The monoisotopic (exact) mass is 506 g/mol. The normalized spacial score (nSPS) is 15.0. The van der Waals surface area contributed by atoms with E-state index in [1.54, 1.807) is 24.3 Å². The third-order valence-corrected chi connectivity index (χ3v) is 5.54. The highest BCUT2D eigenvalue weighted by molar-refractivity contribution is 6.30. The lowest BCUT2D eigenvalue weighted by Gasteiger charge is -2.16. The Kier molecular flexibility index (Phi) is 7.47. The molecule has 0 bridgehead atoms. The third-order valence-electron chi connectivity index (χ3n) is 5.29. The number of amides is 3. The molecule has 0 spiro atoms. The number of imide groups is 1. The Morgan fingerprint density at radius 1 is 0.972 bits per heavy atom. The molecule has 1 fully saturated rings. The summed E-state index contributed by atoms with van der Waals surface area (Å²) in [6.45, 7) is -0.455. The number of pyridine rings is 1. The van der Waals surface area contributed by atoms with Crippen molar-refractivity contribution in [2.75, 3.05) is 11.5 Å². The molecule has 10 nitrogen and oxygen atoms in total. The van der Waals surface area contributed by atoms with E-state index in [0.717, 1.165) is 4.90 Å². The fourth-order valence-corrected chi connectivity index (χ4v) is 3.54. The van der Waals surface area contributed by atoms with Crippen LogP contribution in [0.25, 0.3) is 0 Å². The first-order valence-electron chi connectivity index (χ1n) is 10.7. The summed E-state index contributed by atoms with van der Waals surface area (Å²) in [6, 6.07) is 14.0. The van der Waals surface area contributed by atoms with Gasteiger partial charge in [-0.05, 0) is 60.7 Å². The Morgan fingerprint density at radius 2 is 1.67 bits per heavy atom. The number of carbonyl (C=O) groups excluding carboxylic acids is 5. The number of nitrogens with one attached hydrogen (secondary N) is 2. The highest BCUT2D eigenvalue weighted by Gasteiger charge is 2.39. The number of rotatable bonds is 8. The number of carbonyl (C=O) groups is 5. The van der Waals surface area contributed by atoms with Crippen LogP contribution in [0.5, 0.6) is 0 Å². The van der Waals surface area contributed by atoms with E-state index < -0.39 is 36.3 Å². The molecular weight excluding hydrogens is 488 g/mol. The molecule has 2 aromatic carbocycles. The van der Waals surface area contributed by atoms with Crippen LogP contribution in [0.3, 0.4) is 0 Å². The first-order chi connectivity index (χ1) is 17.3. The molecule has 2 heterocycles. The van der Waals surface area contributed by atoms with Gasteiger partial charge < -0.3 is 4.74 Å². The second kappa shape index (κ2) is 10.9. The second-order valence-electron chi connectivity index (χ2n) is 7.72. The number of hydrogen-bond donors (Lipinski definition) is 2. The van der Waals surface area contributed by atoms with Crippen LogP contribution in [-0.2, 0) is 14.3 Å². The van der Waals surface area contributed by atoms with Crippen molar-refractivity contribution in [2.45, 2.75) is 12.5 Å². The Labute approximate surface area is 210 Å². The fraction of sp³-hybridized carbons (Fsp3) is 0.120. The number of hydrogen-bond acceptors (Lipinski definition) is 8. The Balaban J connectivity index is 1.33. The third kappa shape index (κ3) is 5.62. The van der Waals surface area contributed by atoms with E-state index in [1.165, 1.54) is 48.8 Å². The molecule has 2 N–H and O–H groups in total. The first kappa shape index (κ1) is 24.7. The van der Waals surface area contributed by atoms with Crippen LogP contribution in [0.4, 0.5) is 5.69 Å². The van der Waals surface area contributed by atoms with Crippen LogP contribution in [0.2, 0.25) is 5.02 Å². The largest absolute Gasteiger partial charge is 0.454 e. The van der Waals surface area contributed by atoms with Crippen LogP contribution >= 0.6 is 11.6 Å². The number of esters is 1. The lowest BCUT2D eigenvalue weighted by Crippen LogP contribution is -2.48. The molecule has 0 saturated carbocycles. The van der Waals surface area contributed by atoms with Crippen molar-refractivity contribution in [1.29, 1.82) is 0 Å². The predicted octanol–water partition coefficient (Wildman–Crippen LogP) is 2.34. The van der Waals surface area contributed by atoms with E-state index in [9.17, 15) is 24.0 Å². The minimum atomic E-state index is -0.957. The molecule has 1 atom stereocenters. The zero-order valence-electron chi connectivity index (χ0n) is 18.6. The zero-order valence-corrected chi connectivity index (χ0v) is 19.4. The van der Waals surface area contributed by atoms with Gasteiger partial charge in [-0.3, -0.25) is 29.6 Å². The summed E-state index contributed by atoms with van der Waals surface area (Å²) in [5, 5.41) is 0.482. The van der Waals surface area contributed by atoms with Crippen molar-refractivity contribution < 1.29 is 28.7 Å². The van der Waals surface area contributed by atoms with Gasteiger partial charge in [0.25, 0.3) is 11.8 Å². The molecule has 3 amide bonds. The zero-order chi connectivity index (χ0) is 25.7. The first-order valence-corrected chi connectivity index (χ1v) is 11.1. The number of ketones is 1. The Bertz CT molecular complexity index is 1310. The maximum absolute atomic E-state index is 12.8. The number of aromatic nitrogens is 1. The molecule has 1 aliphatic rings. The van der Waals surface area contributed by atoms with Crippen molar-refractivity contribution in [3.05, 3.63) is 94.8 Å². The topological polar surface area (TPSA) is 135 Å². The van der Waals surface area contributed by atoms with E-state index in [2.05, 4.69) is 15.8 Å². The van der Waals surface area contributed by atoms with Gasteiger partial charge in [0.1, 0.15) is 6.04 Å². The van der Waals surface area contributed by atoms with Crippen molar-refractivity contribution in [3.8, 4) is 0 Å². The summed E-state index contributed by atoms with van der Waals surface area (Å²) in [6.07, 6.45) is 2.72. The molecule has 3 aromatic rings. The van der Waals surface area contributed by atoms with E-state index in [1.807, 2.05) is 0 Å². The molecule has 1 aliphatic heterocycles. The van der Waals surface area contributed by atoms with Crippen LogP contribution in [0.15, 0.2) is 73.1 Å². The van der Waals surface area contributed by atoms with Crippen molar-refractivity contribution in [2.24, 2.45) is 0 Å². The van der Waals surface area contributed by atoms with Gasteiger partial charge in [-0.1, -0.05) is 11.6 Å². The summed E-state index contributed by atoms with van der Waals surface area (Å²) in [4.78, 5) is 66.7. The maximum atomic E-state index is 12.8. The van der Waals surface area contributed by atoms with Crippen LogP contribution < -0.4 is 15.8 Å². The number of ether oxygens (including phenoxy) is 1. The lowest BCUT2D eigenvalue weighted by molar-refractivity contribution is -0.121. The Hall–Kier alpha value is -4.41. The number of benzene rings is 2. The molecule has 0 aliphatic carbocycles. The van der Waals surface area contributed by atoms with Crippen LogP contribution in [-0.4, -0.2) is 47.1 Å². The number of halogens is 1. The van der Waals surface area contributed by atoms with Gasteiger partial charge in [0.05, 0.1) is 23.2 Å². The maximum Gasteiger partial charge on any atom is 0.338 e. The van der Waals surface area contributed by atoms with Crippen molar-refractivity contribution in [1.82, 2.24) is 15.8 Å². The van der Waals surface area contributed by atoms with E-state index in [0.29, 0.717) is 10.6 Å². The average Bonchev–Trinajstić information content (AvgIpc) is 3.19.